The van der Waals surface area contributed by atoms with Crippen LogP contribution in [0.5, 0.6) is 5.75 Å². The smallest absolute Gasteiger partial charge is 0.119 e. The Bertz CT molecular complexity index is 360. The number of methoxy groups -OCH3 is 1. The molecule has 0 saturated carbocycles. The lowest BCUT2D eigenvalue weighted by Gasteiger charge is -2.26. The number of rotatable bonds is 5. The van der Waals surface area contributed by atoms with Crippen molar-refractivity contribution in [3.8, 4) is 5.75 Å². The third kappa shape index (κ3) is 3.01. The first-order valence-electron chi connectivity index (χ1n) is 6.63. The Kier molecular flexibility index (Phi) is 4.43. The van der Waals surface area contributed by atoms with Crippen molar-refractivity contribution in [2.75, 3.05) is 13.7 Å². The molecule has 17 heavy (non-hydrogen) atoms. The second kappa shape index (κ2) is 6.06. The van der Waals surface area contributed by atoms with E-state index in [1.807, 2.05) is 0 Å². The van der Waals surface area contributed by atoms with Crippen molar-refractivity contribution >= 4 is 0 Å². The molecule has 0 fully saturated rings. The van der Waals surface area contributed by atoms with E-state index >= 15 is 0 Å². The van der Waals surface area contributed by atoms with Crippen molar-refractivity contribution < 1.29 is 9.84 Å². The van der Waals surface area contributed by atoms with Crippen LogP contribution in [-0.4, -0.2) is 18.8 Å². The summed E-state index contributed by atoms with van der Waals surface area (Å²) in [5, 5.41) is 8.85. The molecule has 0 amide bonds. The fourth-order valence-corrected chi connectivity index (χ4v) is 2.80. The van der Waals surface area contributed by atoms with Gasteiger partial charge in [-0.3, -0.25) is 0 Å². The first-order chi connectivity index (χ1) is 8.35. The van der Waals surface area contributed by atoms with Gasteiger partial charge in [-0.15, -0.1) is 0 Å². The van der Waals surface area contributed by atoms with Gasteiger partial charge in [0.2, 0.25) is 0 Å². The zero-order valence-corrected chi connectivity index (χ0v) is 10.6. The molecule has 1 aliphatic rings. The second-order valence-electron chi connectivity index (χ2n) is 4.87. The Morgan fingerprint density at radius 3 is 3.00 bits per heavy atom. The minimum atomic E-state index is 0.317. The number of unbranched alkanes of at least 4 members (excludes halogenated alkanes) is 1. The molecule has 1 N–H and O–H groups in total. The topological polar surface area (TPSA) is 29.5 Å². The Hall–Kier alpha value is -1.02. The van der Waals surface area contributed by atoms with Crippen molar-refractivity contribution in [1.29, 1.82) is 0 Å². The number of aryl methyl sites for hydroxylation is 1. The minimum absolute atomic E-state index is 0.317. The highest BCUT2D eigenvalue weighted by Crippen LogP contribution is 2.36. The van der Waals surface area contributed by atoms with Gasteiger partial charge in [0.1, 0.15) is 5.75 Å². The maximum atomic E-state index is 8.85. The Balaban J connectivity index is 2.11. The third-order valence-corrected chi connectivity index (χ3v) is 3.75. The van der Waals surface area contributed by atoms with E-state index in [-0.39, 0.29) is 0 Å². The fourth-order valence-electron chi connectivity index (χ4n) is 2.80. The maximum Gasteiger partial charge on any atom is 0.119 e. The molecular formula is C15H22O2. The summed E-state index contributed by atoms with van der Waals surface area (Å²) in [4.78, 5) is 0. The molecule has 0 bridgehead atoms. The molecule has 0 spiro atoms. The van der Waals surface area contributed by atoms with Gasteiger partial charge in [0, 0.05) is 6.61 Å². The first kappa shape index (κ1) is 12.4. The largest absolute Gasteiger partial charge is 0.497 e. The van der Waals surface area contributed by atoms with Crippen LogP contribution in [0.25, 0.3) is 0 Å². The number of hydrogen-bond acceptors (Lipinski definition) is 2. The lowest BCUT2D eigenvalue weighted by Crippen LogP contribution is -2.10. The van der Waals surface area contributed by atoms with Crippen LogP contribution in [0.3, 0.4) is 0 Å². The normalized spacial score (nSPS) is 18.8. The summed E-state index contributed by atoms with van der Waals surface area (Å²) in [5.41, 5.74) is 2.97. The lowest BCUT2D eigenvalue weighted by molar-refractivity contribution is 0.280. The molecule has 1 aromatic carbocycles. The second-order valence-corrected chi connectivity index (χ2v) is 4.87. The molecule has 2 nitrogen and oxygen atoms in total. The lowest BCUT2D eigenvalue weighted by atomic mass is 9.80. The van der Waals surface area contributed by atoms with Crippen LogP contribution in [0.1, 0.15) is 49.1 Å². The SMILES string of the molecule is COc1ccc2c(c1)C(CCCCO)CCC2. The number of aliphatic hydroxyl groups is 1. The van der Waals surface area contributed by atoms with Gasteiger partial charge in [-0.05, 0) is 61.3 Å². The van der Waals surface area contributed by atoms with Crippen molar-refractivity contribution in [2.45, 2.75) is 44.4 Å². The van der Waals surface area contributed by atoms with E-state index < -0.39 is 0 Å². The van der Waals surface area contributed by atoms with Crippen molar-refractivity contribution in [3.05, 3.63) is 29.3 Å². The average Bonchev–Trinajstić information content (AvgIpc) is 2.39. The molecule has 1 unspecified atom stereocenters. The van der Waals surface area contributed by atoms with E-state index in [0.717, 1.165) is 18.6 Å². The summed E-state index contributed by atoms with van der Waals surface area (Å²) in [6.07, 6.45) is 7.03. The Morgan fingerprint density at radius 1 is 1.35 bits per heavy atom. The number of aliphatic hydroxyl groups excluding tert-OH is 1. The first-order valence-corrected chi connectivity index (χ1v) is 6.63. The molecule has 2 heteroatoms. The molecule has 1 aliphatic carbocycles. The standard InChI is InChI=1S/C15H22O2/c1-17-14-9-8-13-7-4-6-12(15(13)11-14)5-2-3-10-16/h8-9,11-12,16H,2-7,10H2,1H3. The van der Waals surface area contributed by atoms with Gasteiger partial charge in [-0.2, -0.15) is 0 Å². The van der Waals surface area contributed by atoms with Gasteiger partial charge >= 0.3 is 0 Å². The molecule has 1 aromatic rings. The molecule has 0 radical (unpaired) electrons. The van der Waals surface area contributed by atoms with E-state index in [9.17, 15) is 0 Å². The van der Waals surface area contributed by atoms with Crippen LogP contribution in [-0.2, 0) is 6.42 Å². The predicted octanol–water partition coefficient (Wildman–Crippen LogP) is 3.28. The average molecular weight is 234 g/mol. The zero-order chi connectivity index (χ0) is 12.1. The molecule has 0 heterocycles. The molecule has 0 saturated heterocycles. The summed E-state index contributed by atoms with van der Waals surface area (Å²) < 4.78 is 5.31. The quantitative estimate of drug-likeness (QED) is 0.792. The Labute approximate surface area is 104 Å². The van der Waals surface area contributed by atoms with E-state index in [4.69, 9.17) is 9.84 Å². The number of fused-ring (bicyclic) bond motifs is 1. The van der Waals surface area contributed by atoms with Crippen LogP contribution >= 0.6 is 0 Å². The van der Waals surface area contributed by atoms with Gasteiger partial charge in [0.05, 0.1) is 7.11 Å². The maximum absolute atomic E-state index is 8.85. The summed E-state index contributed by atoms with van der Waals surface area (Å²) in [6, 6.07) is 6.49. The van der Waals surface area contributed by atoms with Gasteiger partial charge < -0.3 is 9.84 Å². The summed E-state index contributed by atoms with van der Waals surface area (Å²) in [5.74, 6) is 1.64. The third-order valence-electron chi connectivity index (χ3n) is 3.75. The molecule has 0 aromatic heterocycles. The number of benzene rings is 1. The highest BCUT2D eigenvalue weighted by molar-refractivity contribution is 5.39. The fraction of sp³-hybridized carbons (Fsp3) is 0.600. The molecular weight excluding hydrogens is 212 g/mol. The van der Waals surface area contributed by atoms with E-state index in [2.05, 4.69) is 18.2 Å². The minimum Gasteiger partial charge on any atom is -0.497 e. The Morgan fingerprint density at radius 2 is 2.24 bits per heavy atom. The predicted molar refractivity (Wildman–Crippen MR) is 69.6 cm³/mol. The highest BCUT2D eigenvalue weighted by Gasteiger charge is 2.20. The van der Waals surface area contributed by atoms with E-state index in [0.29, 0.717) is 12.5 Å². The van der Waals surface area contributed by atoms with Crippen molar-refractivity contribution in [3.63, 3.8) is 0 Å². The van der Waals surface area contributed by atoms with Crippen LogP contribution in [0, 0.1) is 0 Å². The number of hydrogen-bond donors (Lipinski definition) is 1. The zero-order valence-electron chi connectivity index (χ0n) is 10.6. The number of ether oxygens (including phenoxy) is 1. The van der Waals surface area contributed by atoms with E-state index in [1.54, 1.807) is 7.11 Å². The van der Waals surface area contributed by atoms with Gasteiger partial charge in [0.15, 0.2) is 0 Å². The van der Waals surface area contributed by atoms with Crippen molar-refractivity contribution in [2.24, 2.45) is 0 Å². The van der Waals surface area contributed by atoms with Gasteiger partial charge in [-0.25, -0.2) is 0 Å². The molecule has 1 atom stereocenters. The summed E-state index contributed by atoms with van der Waals surface area (Å²) in [7, 11) is 1.73. The highest BCUT2D eigenvalue weighted by atomic mass is 16.5. The van der Waals surface area contributed by atoms with Crippen molar-refractivity contribution in [1.82, 2.24) is 0 Å². The summed E-state index contributed by atoms with van der Waals surface area (Å²) >= 11 is 0. The van der Waals surface area contributed by atoms with Crippen LogP contribution < -0.4 is 4.74 Å². The van der Waals surface area contributed by atoms with Crippen LogP contribution in [0.4, 0.5) is 0 Å². The van der Waals surface area contributed by atoms with E-state index in [1.165, 1.54) is 36.8 Å². The van der Waals surface area contributed by atoms with Gasteiger partial charge in [-0.1, -0.05) is 12.5 Å². The van der Waals surface area contributed by atoms with Gasteiger partial charge in [0.25, 0.3) is 0 Å². The monoisotopic (exact) mass is 234 g/mol. The van der Waals surface area contributed by atoms with Crippen LogP contribution in [0.15, 0.2) is 18.2 Å². The molecule has 0 aliphatic heterocycles. The summed E-state index contributed by atoms with van der Waals surface area (Å²) in [6.45, 7) is 0.317. The molecule has 94 valence electrons. The molecule has 2 rings (SSSR count). The van der Waals surface area contributed by atoms with Crippen LogP contribution in [0.2, 0.25) is 0 Å².